The van der Waals surface area contributed by atoms with Crippen LogP contribution in [0.4, 0.5) is 13.2 Å². The number of nitrogens with zero attached hydrogens (tertiary/aromatic N) is 1. The van der Waals surface area contributed by atoms with Gasteiger partial charge in [0, 0.05) is 17.1 Å². The van der Waals surface area contributed by atoms with Crippen LogP contribution in [0.2, 0.25) is 0 Å². The molecule has 0 saturated heterocycles. The van der Waals surface area contributed by atoms with Gasteiger partial charge in [-0.05, 0) is 22.6 Å². The molecule has 1 aromatic rings. The Balaban J connectivity index is 3.22. The number of carboxylic acid groups (broad SMARTS) is 1. The number of carbonyl (C=O) groups is 1. The van der Waals surface area contributed by atoms with Crippen molar-refractivity contribution in [1.82, 2.24) is 4.98 Å². The number of pyridine rings is 1. The zero-order valence-corrected chi connectivity index (χ0v) is 12.3. The van der Waals surface area contributed by atoms with Gasteiger partial charge in [-0.3, -0.25) is 9.78 Å². The molecule has 100 valence electrons. The third-order valence-electron chi connectivity index (χ3n) is 1.80. The minimum absolute atomic E-state index is 0.0343. The molecule has 0 aliphatic rings. The third-order valence-corrected chi connectivity index (χ3v) is 3.52. The molecule has 0 unspecified atom stereocenters. The minimum Gasteiger partial charge on any atom is -0.481 e. The van der Waals surface area contributed by atoms with Gasteiger partial charge in [0.15, 0.2) is 0 Å². The van der Waals surface area contributed by atoms with Crippen molar-refractivity contribution in [3.8, 4) is 5.75 Å². The van der Waals surface area contributed by atoms with E-state index >= 15 is 0 Å². The Morgan fingerprint density at radius 2 is 2.17 bits per heavy atom. The van der Waals surface area contributed by atoms with E-state index in [9.17, 15) is 18.0 Å². The molecule has 0 aromatic carbocycles. The summed E-state index contributed by atoms with van der Waals surface area (Å²) in [6.45, 7) is 0. The molecule has 0 aliphatic heterocycles. The number of carboxylic acids is 1. The Hall–Kier alpha value is -0.580. The lowest BCUT2D eigenvalue weighted by Gasteiger charge is -2.15. The Bertz CT molecular complexity index is 467. The zero-order chi connectivity index (χ0) is 13.9. The maximum absolute atomic E-state index is 12.3. The highest BCUT2D eigenvalue weighted by atomic mass is 127. The van der Waals surface area contributed by atoms with Crippen LogP contribution in [0.15, 0.2) is 6.20 Å². The highest BCUT2D eigenvalue weighted by Gasteiger charge is 2.33. The standard InChI is InChI=1S/C9H6BrF3INO3/c10-2-4-3-15-5(1-6(16)17)7(14)8(4)18-9(11,12)13/h3H,1-2H2,(H,16,17). The molecule has 0 saturated carbocycles. The molecule has 1 aromatic heterocycles. The van der Waals surface area contributed by atoms with Crippen molar-refractivity contribution in [2.24, 2.45) is 0 Å². The predicted octanol–water partition coefficient (Wildman–Crippen LogP) is 3.11. The van der Waals surface area contributed by atoms with Gasteiger partial charge < -0.3 is 9.84 Å². The van der Waals surface area contributed by atoms with Crippen LogP contribution in [0.25, 0.3) is 0 Å². The smallest absolute Gasteiger partial charge is 0.481 e. The molecule has 0 spiro atoms. The SMILES string of the molecule is O=C(O)Cc1ncc(CBr)c(OC(F)(F)F)c1I. The van der Waals surface area contributed by atoms with E-state index in [0.717, 1.165) is 6.20 Å². The normalized spacial score (nSPS) is 11.4. The molecule has 1 heterocycles. The predicted molar refractivity (Wildman–Crippen MR) is 67.6 cm³/mol. The number of aliphatic carboxylic acids is 1. The van der Waals surface area contributed by atoms with Crippen molar-refractivity contribution >= 4 is 44.5 Å². The van der Waals surface area contributed by atoms with Crippen LogP contribution in [0.1, 0.15) is 11.3 Å². The highest BCUT2D eigenvalue weighted by Crippen LogP contribution is 2.33. The summed E-state index contributed by atoms with van der Waals surface area (Å²) in [5, 5.41) is 8.75. The molecule has 1 rings (SSSR count). The number of halogens is 5. The van der Waals surface area contributed by atoms with Crippen molar-refractivity contribution < 1.29 is 27.8 Å². The first-order chi connectivity index (χ1) is 8.24. The maximum atomic E-state index is 12.3. The van der Waals surface area contributed by atoms with Crippen LogP contribution in [-0.4, -0.2) is 22.4 Å². The second-order valence-electron chi connectivity index (χ2n) is 3.13. The van der Waals surface area contributed by atoms with Crippen LogP contribution >= 0.6 is 38.5 Å². The number of ether oxygens (including phenoxy) is 1. The molecule has 4 nitrogen and oxygen atoms in total. The molecule has 1 N–H and O–H groups in total. The fourth-order valence-corrected chi connectivity index (χ4v) is 2.32. The van der Waals surface area contributed by atoms with Gasteiger partial charge in [-0.1, -0.05) is 15.9 Å². The van der Waals surface area contributed by atoms with Crippen LogP contribution in [-0.2, 0) is 16.5 Å². The molecule has 9 heteroatoms. The first-order valence-electron chi connectivity index (χ1n) is 4.44. The summed E-state index contributed by atoms with van der Waals surface area (Å²) >= 11 is 4.61. The van der Waals surface area contributed by atoms with Crippen molar-refractivity contribution in [2.75, 3.05) is 0 Å². The molecular weight excluding hydrogens is 434 g/mol. The first kappa shape index (κ1) is 15.5. The maximum Gasteiger partial charge on any atom is 0.573 e. The third kappa shape index (κ3) is 4.26. The molecule has 0 fully saturated rings. The van der Waals surface area contributed by atoms with Gasteiger partial charge in [0.2, 0.25) is 0 Å². The van der Waals surface area contributed by atoms with E-state index in [1.165, 1.54) is 0 Å². The number of rotatable bonds is 4. The fourth-order valence-electron chi connectivity index (χ4n) is 1.13. The lowest BCUT2D eigenvalue weighted by Crippen LogP contribution is -2.20. The second kappa shape index (κ2) is 6.04. The average Bonchev–Trinajstić information content (AvgIpc) is 2.22. The van der Waals surface area contributed by atoms with Crippen LogP contribution in [0.5, 0.6) is 5.75 Å². The van der Waals surface area contributed by atoms with Gasteiger partial charge in [-0.15, -0.1) is 13.2 Å². The Labute approximate surface area is 122 Å². The minimum atomic E-state index is -4.83. The molecule has 18 heavy (non-hydrogen) atoms. The van der Waals surface area contributed by atoms with Crippen molar-refractivity contribution in [3.05, 3.63) is 21.0 Å². The van der Waals surface area contributed by atoms with Crippen LogP contribution in [0.3, 0.4) is 0 Å². The molecule has 0 atom stereocenters. The van der Waals surface area contributed by atoms with Gasteiger partial charge in [0.25, 0.3) is 0 Å². The van der Waals surface area contributed by atoms with E-state index in [0.29, 0.717) is 0 Å². The number of hydrogen-bond acceptors (Lipinski definition) is 3. The number of hydrogen-bond donors (Lipinski definition) is 1. The molecule has 0 aliphatic carbocycles. The van der Waals surface area contributed by atoms with Gasteiger partial charge in [-0.25, -0.2) is 0 Å². The van der Waals surface area contributed by atoms with Crippen LogP contribution in [0, 0.1) is 3.57 Å². The van der Waals surface area contributed by atoms with E-state index in [-0.39, 0.29) is 20.2 Å². The monoisotopic (exact) mass is 439 g/mol. The lowest BCUT2D eigenvalue weighted by molar-refractivity contribution is -0.275. The van der Waals surface area contributed by atoms with Gasteiger partial charge >= 0.3 is 12.3 Å². The summed E-state index contributed by atoms with van der Waals surface area (Å²) in [5.41, 5.74) is 0.234. The van der Waals surface area contributed by atoms with Crippen molar-refractivity contribution in [1.29, 1.82) is 0 Å². The lowest BCUT2D eigenvalue weighted by atomic mass is 10.2. The van der Waals surface area contributed by atoms with Crippen molar-refractivity contribution in [2.45, 2.75) is 18.1 Å². The number of aromatic nitrogens is 1. The van der Waals surface area contributed by atoms with Crippen LogP contribution < -0.4 is 4.74 Å². The fraction of sp³-hybridized carbons (Fsp3) is 0.333. The summed E-state index contributed by atoms with van der Waals surface area (Å²) in [5.74, 6) is -1.59. The summed E-state index contributed by atoms with van der Waals surface area (Å²) in [6.07, 6.45) is -4.13. The Kier molecular flexibility index (Phi) is 5.20. The summed E-state index contributed by atoms with van der Waals surface area (Å²) in [4.78, 5) is 14.4. The topological polar surface area (TPSA) is 59.4 Å². The van der Waals surface area contributed by atoms with Gasteiger partial charge in [-0.2, -0.15) is 0 Å². The average molecular weight is 440 g/mol. The van der Waals surface area contributed by atoms with Gasteiger partial charge in [0.1, 0.15) is 5.75 Å². The van der Waals surface area contributed by atoms with Gasteiger partial charge in [0.05, 0.1) is 15.7 Å². The summed E-state index contributed by atoms with van der Waals surface area (Å²) < 4.78 is 40.7. The first-order valence-corrected chi connectivity index (χ1v) is 6.64. The summed E-state index contributed by atoms with van der Waals surface area (Å²) in [6, 6.07) is 0. The van der Waals surface area contributed by atoms with E-state index in [2.05, 4.69) is 25.7 Å². The Morgan fingerprint density at radius 3 is 2.61 bits per heavy atom. The van der Waals surface area contributed by atoms with Crippen molar-refractivity contribution in [3.63, 3.8) is 0 Å². The molecule has 0 radical (unpaired) electrons. The van der Waals surface area contributed by atoms with E-state index in [4.69, 9.17) is 5.11 Å². The Morgan fingerprint density at radius 1 is 1.56 bits per heavy atom. The second-order valence-corrected chi connectivity index (χ2v) is 4.76. The zero-order valence-electron chi connectivity index (χ0n) is 8.59. The largest absolute Gasteiger partial charge is 0.573 e. The highest BCUT2D eigenvalue weighted by molar-refractivity contribution is 14.1. The molecule has 0 amide bonds. The number of alkyl halides is 4. The summed E-state index contributed by atoms with van der Waals surface area (Å²) in [7, 11) is 0. The van der Waals surface area contributed by atoms with E-state index in [1.807, 2.05) is 0 Å². The van der Waals surface area contributed by atoms with E-state index in [1.54, 1.807) is 22.6 Å². The van der Waals surface area contributed by atoms with E-state index < -0.39 is 24.5 Å². The molecule has 0 bridgehead atoms. The quantitative estimate of drug-likeness (QED) is 0.578. The molecular formula is C9H6BrF3INO3.